The lowest BCUT2D eigenvalue weighted by atomic mass is 9.73. The van der Waals surface area contributed by atoms with E-state index in [0.29, 0.717) is 17.8 Å². The first kappa shape index (κ1) is 27.9. The first-order chi connectivity index (χ1) is 23.1. The summed E-state index contributed by atoms with van der Waals surface area (Å²) in [6, 6.07) is 21.2. The van der Waals surface area contributed by atoms with Gasteiger partial charge in [-0.1, -0.05) is 105 Å². The number of allylic oxidation sites excluding steroid dienone is 8. The van der Waals surface area contributed by atoms with Gasteiger partial charge in [0.25, 0.3) is 0 Å². The Kier molecular flexibility index (Phi) is 6.34. The van der Waals surface area contributed by atoms with Crippen molar-refractivity contribution in [2.24, 2.45) is 5.92 Å². The third kappa shape index (κ3) is 4.26. The minimum atomic E-state index is 0.523. The van der Waals surface area contributed by atoms with Crippen LogP contribution in [0.15, 0.2) is 95.1 Å². The van der Waals surface area contributed by atoms with Crippen LogP contribution in [0.4, 0.5) is 0 Å². The highest BCUT2D eigenvalue weighted by molar-refractivity contribution is 5.93. The van der Waals surface area contributed by atoms with Gasteiger partial charge in [0.05, 0.1) is 0 Å². The summed E-state index contributed by atoms with van der Waals surface area (Å²) in [5.74, 6) is 1.91. The highest BCUT2D eigenvalue weighted by Gasteiger charge is 2.29. The molecule has 0 heteroatoms. The molecule has 0 fully saturated rings. The van der Waals surface area contributed by atoms with E-state index in [9.17, 15) is 0 Å². The normalized spacial score (nSPS) is 22.8. The Bertz CT molecular complexity index is 2430. The smallest absolute Gasteiger partial charge is 0.00676 e. The number of hydrogen-bond acceptors (Lipinski definition) is 0. The molecule has 4 aromatic carbocycles. The second-order valence-corrected chi connectivity index (χ2v) is 15.4. The maximum Gasteiger partial charge on any atom is -0.00676 e. The van der Waals surface area contributed by atoms with E-state index in [1.165, 1.54) is 87.9 Å². The Hall–Kier alpha value is -4.16. The van der Waals surface area contributed by atoms with Crippen LogP contribution in [-0.2, 0) is 0 Å². The van der Waals surface area contributed by atoms with Crippen LogP contribution in [0.2, 0.25) is 0 Å². The minimum absolute atomic E-state index is 0.523. The number of hydrogen-bond donors (Lipinski definition) is 0. The molecule has 0 radical (unpaired) electrons. The van der Waals surface area contributed by atoms with Gasteiger partial charge in [-0.25, -0.2) is 0 Å². The van der Waals surface area contributed by atoms with Crippen LogP contribution in [0.25, 0.3) is 50.9 Å². The van der Waals surface area contributed by atoms with E-state index in [1.807, 2.05) is 0 Å². The van der Waals surface area contributed by atoms with Crippen molar-refractivity contribution in [3.8, 4) is 0 Å². The highest BCUT2D eigenvalue weighted by atomic mass is 14.3. The van der Waals surface area contributed by atoms with Crippen LogP contribution < -0.4 is 20.9 Å². The van der Waals surface area contributed by atoms with Gasteiger partial charge in [0.2, 0.25) is 0 Å². The van der Waals surface area contributed by atoms with Gasteiger partial charge in [-0.05, 0) is 175 Å². The van der Waals surface area contributed by atoms with Gasteiger partial charge in [0.1, 0.15) is 0 Å². The molecule has 2 atom stereocenters. The summed E-state index contributed by atoms with van der Waals surface area (Å²) in [6.45, 7) is 4.81. The van der Waals surface area contributed by atoms with Gasteiger partial charge in [-0.15, -0.1) is 0 Å². The molecule has 0 saturated heterocycles. The molecule has 0 aromatic heterocycles. The summed E-state index contributed by atoms with van der Waals surface area (Å²) >= 11 is 0. The van der Waals surface area contributed by atoms with Crippen molar-refractivity contribution in [3.05, 3.63) is 133 Å². The molecule has 6 aliphatic rings. The van der Waals surface area contributed by atoms with Gasteiger partial charge >= 0.3 is 0 Å². The topological polar surface area (TPSA) is 0 Å². The molecule has 10 rings (SSSR count). The lowest BCUT2D eigenvalue weighted by molar-refractivity contribution is 0.636. The quantitative estimate of drug-likeness (QED) is 0.216. The lowest BCUT2D eigenvalue weighted by Gasteiger charge is -2.32. The van der Waals surface area contributed by atoms with E-state index in [4.69, 9.17) is 0 Å². The summed E-state index contributed by atoms with van der Waals surface area (Å²) in [5.41, 5.74) is 14.3. The SMILES string of the molecule is CC(C)C1=C(C2=CC=C(c3ccc4ccc5c6c4c3=CCC6CCC=5)CC2)CCC(C2=c3ccc4cccc5c4c3C(CC=5)CC2)=C1. The first-order valence-electron chi connectivity index (χ1n) is 18.5. The summed E-state index contributed by atoms with van der Waals surface area (Å²) < 4.78 is 0. The summed E-state index contributed by atoms with van der Waals surface area (Å²) in [6.07, 6.45) is 27.2. The second-order valence-electron chi connectivity index (χ2n) is 15.4. The van der Waals surface area contributed by atoms with E-state index >= 15 is 0 Å². The monoisotopic (exact) mass is 608 g/mol. The Balaban J connectivity index is 1.06. The van der Waals surface area contributed by atoms with Crippen LogP contribution in [0.5, 0.6) is 0 Å². The molecule has 2 unspecified atom stereocenters. The van der Waals surface area contributed by atoms with Crippen molar-refractivity contribution >= 4 is 50.9 Å². The van der Waals surface area contributed by atoms with Crippen LogP contribution >= 0.6 is 0 Å². The van der Waals surface area contributed by atoms with Crippen molar-refractivity contribution in [1.82, 2.24) is 0 Å². The average Bonchev–Trinajstić information content (AvgIpc) is 3.12. The van der Waals surface area contributed by atoms with Crippen molar-refractivity contribution in [3.63, 3.8) is 0 Å². The molecule has 0 saturated carbocycles. The molecule has 232 valence electrons. The number of rotatable bonds is 4. The predicted octanol–water partition coefficient (Wildman–Crippen LogP) is 9.52. The van der Waals surface area contributed by atoms with Gasteiger partial charge in [-0.3, -0.25) is 0 Å². The lowest BCUT2D eigenvalue weighted by Crippen LogP contribution is -2.28. The molecule has 0 heterocycles. The van der Waals surface area contributed by atoms with Crippen molar-refractivity contribution in [2.75, 3.05) is 0 Å². The molecule has 0 amide bonds. The van der Waals surface area contributed by atoms with Crippen molar-refractivity contribution in [1.29, 1.82) is 0 Å². The van der Waals surface area contributed by atoms with Crippen LogP contribution in [-0.4, -0.2) is 0 Å². The predicted molar refractivity (Wildman–Crippen MR) is 201 cm³/mol. The second kappa shape index (κ2) is 10.7. The fourth-order valence-electron chi connectivity index (χ4n) is 10.4. The first-order valence-corrected chi connectivity index (χ1v) is 18.5. The Morgan fingerprint density at radius 3 is 2.28 bits per heavy atom. The molecule has 0 spiro atoms. The van der Waals surface area contributed by atoms with Gasteiger partial charge < -0.3 is 0 Å². The fourth-order valence-corrected chi connectivity index (χ4v) is 10.4. The number of benzene rings is 4. The largest absolute Gasteiger partial charge is 0.0769 e. The third-order valence-corrected chi connectivity index (χ3v) is 12.6. The zero-order valence-corrected chi connectivity index (χ0v) is 28.0. The van der Waals surface area contributed by atoms with E-state index in [2.05, 4.69) is 105 Å². The molecule has 47 heavy (non-hydrogen) atoms. The van der Waals surface area contributed by atoms with Crippen molar-refractivity contribution in [2.45, 2.75) is 89.9 Å². The average molecular weight is 609 g/mol. The van der Waals surface area contributed by atoms with Gasteiger partial charge in [0.15, 0.2) is 0 Å². The summed E-state index contributed by atoms with van der Waals surface area (Å²) in [4.78, 5) is 0. The molecule has 6 aliphatic carbocycles. The summed E-state index contributed by atoms with van der Waals surface area (Å²) in [5, 5.41) is 11.9. The molecule has 0 nitrogen and oxygen atoms in total. The van der Waals surface area contributed by atoms with Gasteiger partial charge in [-0.2, -0.15) is 0 Å². The molecule has 0 aliphatic heterocycles. The Labute approximate surface area is 278 Å². The van der Waals surface area contributed by atoms with Crippen molar-refractivity contribution < 1.29 is 0 Å². The highest BCUT2D eigenvalue weighted by Crippen LogP contribution is 2.43. The van der Waals surface area contributed by atoms with Crippen LogP contribution in [0.3, 0.4) is 0 Å². The zero-order chi connectivity index (χ0) is 31.2. The maximum atomic E-state index is 2.63. The van der Waals surface area contributed by atoms with E-state index in [1.54, 1.807) is 49.6 Å². The van der Waals surface area contributed by atoms with E-state index in [0.717, 1.165) is 19.3 Å². The fraction of sp³-hybridized carbons (Fsp3) is 0.319. The molecule has 0 bridgehead atoms. The molecular formula is C47H44. The van der Waals surface area contributed by atoms with E-state index < -0.39 is 0 Å². The third-order valence-electron chi connectivity index (χ3n) is 12.6. The molecular weight excluding hydrogens is 565 g/mol. The molecule has 4 aromatic rings. The Morgan fingerprint density at radius 2 is 1.38 bits per heavy atom. The van der Waals surface area contributed by atoms with Crippen LogP contribution in [0.1, 0.15) is 107 Å². The zero-order valence-electron chi connectivity index (χ0n) is 28.0. The summed E-state index contributed by atoms with van der Waals surface area (Å²) in [7, 11) is 0. The Morgan fingerprint density at radius 1 is 0.596 bits per heavy atom. The van der Waals surface area contributed by atoms with Crippen LogP contribution in [0, 0.1) is 5.92 Å². The molecule has 0 N–H and O–H groups in total. The maximum absolute atomic E-state index is 2.63. The van der Waals surface area contributed by atoms with Gasteiger partial charge in [0, 0.05) is 0 Å². The van der Waals surface area contributed by atoms with E-state index in [-0.39, 0.29) is 0 Å². The standard InChI is InChI=1S/C47H44/c1-28(2)43-27-37(40-23-18-36-16-14-32-6-4-8-34-20-26-42(40)47(36)45(32)34)21-24-39(43)30-11-9-29(10-12-30)38-22-17-35-15-13-31-5-3-7-33-19-25-41(38)46(35)44(31)33/h4-6,8-9,11,13-15,17,20,22,25-28,33,36H,3,7,10,12,16,18-19,21,23-24H2,1-2H3. The minimum Gasteiger partial charge on any atom is -0.0769 e.